The highest BCUT2D eigenvalue weighted by molar-refractivity contribution is 5.24. The second kappa shape index (κ2) is 4.28. The highest BCUT2D eigenvalue weighted by Crippen LogP contribution is 2.31. The molecule has 7 nitrogen and oxygen atoms in total. The van der Waals surface area contributed by atoms with Crippen molar-refractivity contribution in [3.8, 4) is 0 Å². The number of anilines is 1. The van der Waals surface area contributed by atoms with Crippen LogP contribution in [0, 0.1) is 0 Å². The van der Waals surface area contributed by atoms with E-state index < -0.39 is 24.1 Å². The van der Waals surface area contributed by atoms with Gasteiger partial charge in [-0.3, -0.25) is 4.57 Å². The zero-order chi connectivity index (χ0) is 12.6. The molecule has 3 atom stereocenters. The van der Waals surface area contributed by atoms with E-state index in [9.17, 15) is 9.90 Å². The lowest BCUT2D eigenvalue weighted by atomic mass is 10.1. The van der Waals surface area contributed by atoms with Crippen molar-refractivity contribution in [3.63, 3.8) is 0 Å². The van der Waals surface area contributed by atoms with Gasteiger partial charge in [0, 0.05) is 11.8 Å². The van der Waals surface area contributed by atoms with Crippen molar-refractivity contribution in [2.45, 2.75) is 18.4 Å². The first-order chi connectivity index (χ1) is 8.04. The van der Waals surface area contributed by atoms with Gasteiger partial charge < -0.3 is 20.7 Å². The van der Waals surface area contributed by atoms with Gasteiger partial charge in [0.25, 0.3) is 0 Å². The third-order valence-electron chi connectivity index (χ3n) is 2.64. The first-order valence-corrected chi connectivity index (χ1v) is 5.02. The fraction of sp³-hybridized carbons (Fsp3) is 0.400. The third-order valence-corrected chi connectivity index (χ3v) is 2.64. The van der Waals surface area contributed by atoms with E-state index in [4.69, 9.17) is 15.6 Å². The van der Waals surface area contributed by atoms with Crippen LogP contribution in [0.4, 0.5) is 5.82 Å². The molecule has 0 saturated carbocycles. The molecule has 1 saturated heterocycles. The molecule has 7 heteroatoms. The van der Waals surface area contributed by atoms with Crippen molar-refractivity contribution < 1.29 is 14.9 Å². The molecule has 0 spiro atoms. The van der Waals surface area contributed by atoms with Crippen LogP contribution in [0.2, 0.25) is 0 Å². The molecular formula is C10H13N3O4. The van der Waals surface area contributed by atoms with Gasteiger partial charge >= 0.3 is 5.69 Å². The van der Waals surface area contributed by atoms with Crippen LogP contribution in [0.5, 0.6) is 0 Å². The van der Waals surface area contributed by atoms with Crippen LogP contribution >= 0.6 is 0 Å². The molecule has 2 heterocycles. The first kappa shape index (κ1) is 11.8. The van der Waals surface area contributed by atoms with Crippen molar-refractivity contribution >= 4 is 5.82 Å². The van der Waals surface area contributed by atoms with Crippen molar-refractivity contribution in [2.24, 2.45) is 0 Å². The summed E-state index contributed by atoms with van der Waals surface area (Å²) in [6.45, 7) is 3.30. The fourth-order valence-corrected chi connectivity index (χ4v) is 1.70. The Morgan fingerprint density at radius 3 is 2.88 bits per heavy atom. The van der Waals surface area contributed by atoms with E-state index in [-0.39, 0.29) is 12.4 Å². The van der Waals surface area contributed by atoms with Crippen LogP contribution in [0.3, 0.4) is 0 Å². The molecule has 0 aliphatic carbocycles. The summed E-state index contributed by atoms with van der Waals surface area (Å²) in [5.74, 6) is 0.106. The van der Waals surface area contributed by atoms with E-state index in [1.807, 2.05) is 0 Å². The number of nitrogens with zero attached hydrogens (tertiary/aromatic N) is 2. The lowest BCUT2D eigenvalue weighted by Gasteiger charge is -2.14. The average molecular weight is 239 g/mol. The molecule has 1 aromatic rings. The van der Waals surface area contributed by atoms with Gasteiger partial charge in [0.2, 0.25) is 0 Å². The Morgan fingerprint density at radius 2 is 2.35 bits per heavy atom. The molecule has 1 aliphatic heterocycles. The summed E-state index contributed by atoms with van der Waals surface area (Å²) in [5.41, 5.74) is 5.07. The molecular weight excluding hydrogens is 226 g/mol. The molecule has 2 rings (SSSR count). The highest BCUT2D eigenvalue weighted by Gasteiger charge is 2.38. The molecule has 1 aliphatic rings. The molecule has 0 aromatic carbocycles. The normalized spacial score (nSPS) is 28.6. The minimum Gasteiger partial charge on any atom is -0.394 e. The molecule has 17 heavy (non-hydrogen) atoms. The third kappa shape index (κ3) is 1.95. The first-order valence-electron chi connectivity index (χ1n) is 5.02. The number of hydrogen-bond donors (Lipinski definition) is 3. The minimum atomic E-state index is -1.01. The van der Waals surface area contributed by atoms with Crippen molar-refractivity contribution in [3.05, 3.63) is 34.9 Å². The van der Waals surface area contributed by atoms with Crippen molar-refractivity contribution in [2.75, 3.05) is 12.3 Å². The summed E-state index contributed by atoms with van der Waals surface area (Å²) in [5, 5.41) is 18.7. The van der Waals surface area contributed by atoms with E-state index in [1.165, 1.54) is 12.3 Å². The second-order valence-corrected chi connectivity index (χ2v) is 3.77. The Balaban J connectivity index is 2.35. The number of nitrogen functional groups attached to an aromatic ring is 1. The maximum atomic E-state index is 11.6. The van der Waals surface area contributed by atoms with Gasteiger partial charge in [0.05, 0.1) is 6.61 Å². The van der Waals surface area contributed by atoms with Crippen LogP contribution < -0.4 is 11.4 Å². The number of hydrogen-bond acceptors (Lipinski definition) is 6. The largest absolute Gasteiger partial charge is 0.394 e. The van der Waals surface area contributed by atoms with Gasteiger partial charge in [-0.2, -0.15) is 4.98 Å². The summed E-state index contributed by atoms with van der Waals surface area (Å²) in [4.78, 5) is 15.1. The van der Waals surface area contributed by atoms with Crippen LogP contribution in [-0.2, 0) is 4.74 Å². The molecule has 1 fully saturated rings. The summed E-state index contributed by atoms with van der Waals surface area (Å²) in [7, 11) is 0. The minimum absolute atomic E-state index is 0.106. The van der Waals surface area contributed by atoms with Crippen molar-refractivity contribution in [1.29, 1.82) is 0 Å². The van der Waals surface area contributed by atoms with Crippen molar-refractivity contribution in [1.82, 2.24) is 9.55 Å². The molecule has 0 amide bonds. The lowest BCUT2D eigenvalue weighted by Crippen LogP contribution is -2.28. The van der Waals surface area contributed by atoms with E-state index in [0.717, 1.165) is 4.57 Å². The zero-order valence-electron chi connectivity index (χ0n) is 8.98. The molecule has 92 valence electrons. The molecule has 0 radical (unpaired) electrons. The Hall–Kier alpha value is -1.70. The fourth-order valence-electron chi connectivity index (χ4n) is 1.70. The van der Waals surface area contributed by atoms with Gasteiger partial charge in [0.15, 0.2) is 6.23 Å². The topological polar surface area (TPSA) is 111 Å². The number of ether oxygens (including phenoxy) is 1. The molecule has 0 bridgehead atoms. The smallest absolute Gasteiger partial charge is 0.351 e. The number of aliphatic hydroxyl groups excluding tert-OH is 2. The lowest BCUT2D eigenvalue weighted by molar-refractivity contribution is -0.0447. The predicted octanol–water partition coefficient (Wildman–Crippen LogP) is -1.37. The van der Waals surface area contributed by atoms with Crippen LogP contribution in [0.25, 0.3) is 0 Å². The van der Waals surface area contributed by atoms with E-state index in [2.05, 4.69) is 11.6 Å². The Morgan fingerprint density at radius 1 is 1.65 bits per heavy atom. The highest BCUT2D eigenvalue weighted by atomic mass is 16.5. The maximum Gasteiger partial charge on any atom is 0.351 e. The van der Waals surface area contributed by atoms with E-state index in [1.54, 1.807) is 0 Å². The summed E-state index contributed by atoms with van der Waals surface area (Å²) in [6, 6.07) is 1.44. The number of rotatable bonds is 2. The summed E-state index contributed by atoms with van der Waals surface area (Å²) >= 11 is 0. The van der Waals surface area contributed by atoms with E-state index in [0.29, 0.717) is 5.57 Å². The Kier molecular flexibility index (Phi) is 2.97. The number of nitrogens with two attached hydrogens (primary N) is 1. The Labute approximate surface area is 96.8 Å². The average Bonchev–Trinajstić information content (AvgIpc) is 2.57. The van der Waals surface area contributed by atoms with Crippen LogP contribution in [0.15, 0.2) is 29.2 Å². The predicted molar refractivity (Wildman–Crippen MR) is 59.1 cm³/mol. The summed E-state index contributed by atoms with van der Waals surface area (Å²) in [6.07, 6.45) is -1.21. The SMILES string of the molecule is C=C1[C@H](n2ccc(N)nc2=O)O[C@H](CO)[C@H]1O. The van der Waals surface area contributed by atoms with Crippen LogP contribution in [-0.4, -0.2) is 38.6 Å². The van der Waals surface area contributed by atoms with Gasteiger partial charge in [-0.1, -0.05) is 6.58 Å². The maximum absolute atomic E-state index is 11.6. The molecule has 0 unspecified atom stereocenters. The second-order valence-electron chi connectivity index (χ2n) is 3.77. The monoisotopic (exact) mass is 239 g/mol. The molecule has 4 N–H and O–H groups in total. The summed E-state index contributed by atoms with van der Waals surface area (Å²) < 4.78 is 6.49. The quantitative estimate of drug-likeness (QED) is 0.549. The standard InChI is InChI=1S/C10H13N3O4/c1-5-8(15)6(4-14)17-9(5)13-3-2-7(11)12-10(13)16/h2-3,6,8-9,14-15H,1,4H2,(H2,11,12,16)/t6-,8+,9-/m1/s1. The van der Waals surface area contributed by atoms with Gasteiger partial charge in [-0.05, 0) is 6.07 Å². The van der Waals surface area contributed by atoms with Crippen LogP contribution in [0.1, 0.15) is 6.23 Å². The van der Waals surface area contributed by atoms with E-state index >= 15 is 0 Å². The Bertz CT molecular complexity index is 499. The number of aliphatic hydroxyl groups is 2. The number of aromatic nitrogens is 2. The molecule has 1 aromatic heterocycles. The van der Waals surface area contributed by atoms with Gasteiger partial charge in [-0.25, -0.2) is 4.79 Å². The van der Waals surface area contributed by atoms with Gasteiger partial charge in [0.1, 0.15) is 18.0 Å². The zero-order valence-corrected chi connectivity index (χ0v) is 8.98. The van der Waals surface area contributed by atoms with Gasteiger partial charge in [-0.15, -0.1) is 0 Å².